The Balaban J connectivity index is 3.84. The number of likely N-dealkylation sites (N-methyl/N-ethyl adjacent to an activating group) is 2. The highest BCUT2D eigenvalue weighted by Crippen LogP contribution is 1.97. The summed E-state index contributed by atoms with van der Waals surface area (Å²) in [6, 6.07) is 0. The molecule has 0 fully saturated rings. The third-order valence-corrected chi connectivity index (χ3v) is 2.41. The third-order valence-electron chi connectivity index (χ3n) is 2.41. The first-order chi connectivity index (χ1) is 7.26. The van der Waals surface area contributed by atoms with Gasteiger partial charge in [0.2, 0.25) is 0 Å². The lowest BCUT2D eigenvalue weighted by Crippen LogP contribution is -2.44. The molecule has 5 N–H and O–H groups in total. The molecule has 0 aromatic heterocycles. The molecular weight excluding hydrogens is 190 g/mol. The minimum Gasteiger partial charge on any atom is -0.330 e. The summed E-state index contributed by atoms with van der Waals surface area (Å²) in [5.41, 5.74) is 11.0. The van der Waals surface area contributed by atoms with Gasteiger partial charge in [0, 0.05) is 33.2 Å². The maximum atomic E-state index is 5.52. The minimum atomic E-state index is 0.749. The van der Waals surface area contributed by atoms with Gasteiger partial charge in [0.25, 0.3) is 0 Å². The van der Waals surface area contributed by atoms with Crippen LogP contribution in [0.3, 0.4) is 0 Å². The molecule has 0 unspecified atom stereocenters. The van der Waals surface area contributed by atoms with Gasteiger partial charge in [-0.2, -0.15) is 0 Å². The van der Waals surface area contributed by atoms with Crippen molar-refractivity contribution in [3.8, 4) is 0 Å². The van der Waals surface area contributed by atoms with Crippen LogP contribution in [0.4, 0.5) is 0 Å². The Morgan fingerprint density at radius 3 is 1.93 bits per heavy atom. The molecule has 0 saturated carbocycles. The average molecular weight is 217 g/mol. The highest BCUT2D eigenvalue weighted by molar-refractivity contribution is 4.57. The van der Waals surface area contributed by atoms with Gasteiger partial charge in [-0.25, -0.2) is 10.0 Å². The second-order valence-corrected chi connectivity index (χ2v) is 3.72. The predicted octanol–water partition coefficient (Wildman–Crippen LogP) is -0.948. The molecule has 5 nitrogen and oxygen atoms in total. The van der Waals surface area contributed by atoms with Crippen LogP contribution in [0.5, 0.6) is 0 Å². The fourth-order valence-corrected chi connectivity index (χ4v) is 1.42. The molecule has 0 aliphatic heterocycles. The van der Waals surface area contributed by atoms with Gasteiger partial charge in [-0.15, -0.1) is 0 Å². The molecule has 5 heteroatoms. The van der Waals surface area contributed by atoms with Crippen molar-refractivity contribution in [3.05, 3.63) is 0 Å². The Hall–Kier alpha value is -0.200. The lowest BCUT2D eigenvalue weighted by Gasteiger charge is -2.32. The number of hydrazine groups is 1. The molecule has 0 spiro atoms. The summed E-state index contributed by atoms with van der Waals surface area (Å²) >= 11 is 0. The molecule has 0 rings (SSSR count). The maximum absolute atomic E-state index is 5.52. The highest BCUT2D eigenvalue weighted by atomic mass is 15.6. The van der Waals surface area contributed by atoms with E-state index in [9.17, 15) is 0 Å². The van der Waals surface area contributed by atoms with E-state index in [0.717, 1.165) is 52.1 Å². The number of nitrogens with zero attached hydrogens (tertiary/aromatic N) is 2. The lowest BCUT2D eigenvalue weighted by atomic mass is 10.3. The van der Waals surface area contributed by atoms with Gasteiger partial charge < -0.3 is 16.8 Å². The van der Waals surface area contributed by atoms with E-state index in [4.69, 9.17) is 11.5 Å². The molecule has 0 aliphatic rings. The zero-order valence-corrected chi connectivity index (χ0v) is 10.2. The van der Waals surface area contributed by atoms with Crippen molar-refractivity contribution < 1.29 is 0 Å². The van der Waals surface area contributed by atoms with Crippen molar-refractivity contribution in [2.45, 2.75) is 12.8 Å². The van der Waals surface area contributed by atoms with Gasteiger partial charge in [0.05, 0.1) is 0 Å². The molecule has 0 aromatic rings. The van der Waals surface area contributed by atoms with Crippen LogP contribution >= 0.6 is 0 Å². The summed E-state index contributed by atoms with van der Waals surface area (Å²) in [4.78, 5) is 0. The average Bonchev–Trinajstić information content (AvgIpc) is 2.26. The van der Waals surface area contributed by atoms with E-state index in [1.807, 2.05) is 7.05 Å². The molecule has 0 aromatic carbocycles. The van der Waals surface area contributed by atoms with Crippen molar-refractivity contribution in [2.75, 3.05) is 53.4 Å². The Labute approximate surface area is 93.7 Å². The normalized spacial score (nSPS) is 11.6. The third kappa shape index (κ3) is 7.70. The Morgan fingerprint density at radius 1 is 1.00 bits per heavy atom. The fraction of sp³-hybridized carbons (Fsp3) is 1.00. The topological polar surface area (TPSA) is 70.5 Å². The van der Waals surface area contributed by atoms with Crippen LogP contribution in [0.25, 0.3) is 0 Å². The molecule has 0 amide bonds. The van der Waals surface area contributed by atoms with E-state index in [1.54, 1.807) is 0 Å². The first-order valence-corrected chi connectivity index (χ1v) is 5.77. The van der Waals surface area contributed by atoms with Gasteiger partial charge in [-0.3, -0.25) is 0 Å². The van der Waals surface area contributed by atoms with Crippen molar-refractivity contribution >= 4 is 0 Å². The molecule has 15 heavy (non-hydrogen) atoms. The van der Waals surface area contributed by atoms with Gasteiger partial charge >= 0.3 is 0 Å². The summed E-state index contributed by atoms with van der Waals surface area (Å²) in [6.45, 7) is 5.56. The summed E-state index contributed by atoms with van der Waals surface area (Å²) < 4.78 is 0. The zero-order chi connectivity index (χ0) is 11.5. The number of rotatable bonds is 10. The largest absolute Gasteiger partial charge is 0.330 e. The van der Waals surface area contributed by atoms with Gasteiger partial charge in [-0.05, 0) is 33.0 Å². The number of nitrogens with two attached hydrogens (primary N) is 2. The van der Waals surface area contributed by atoms with Crippen molar-refractivity contribution in [1.82, 2.24) is 15.3 Å². The van der Waals surface area contributed by atoms with Crippen LogP contribution in [0, 0.1) is 0 Å². The minimum absolute atomic E-state index is 0.749. The van der Waals surface area contributed by atoms with Crippen LogP contribution < -0.4 is 16.8 Å². The number of nitrogens with one attached hydrogen (secondary N) is 1. The van der Waals surface area contributed by atoms with Crippen molar-refractivity contribution in [2.24, 2.45) is 11.5 Å². The second kappa shape index (κ2) is 10.3. The Kier molecular flexibility index (Phi) is 10.2. The van der Waals surface area contributed by atoms with E-state index in [1.165, 1.54) is 0 Å². The molecule has 0 aliphatic carbocycles. The standard InChI is InChI=1S/C10H27N5/c1-13-7-10-14(2)15(8-3-5-11)9-4-6-12/h13H,3-12H2,1-2H3. The van der Waals surface area contributed by atoms with Crippen LogP contribution in [-0.4, -0.2) is 63.4 Å². The summed E-state index contributed by atoms with van der Waals surface area (Å²) in [7, 11) is 4.09. The summed E-state index contributed by atoms with van der Waals surface area (Å²) in [6.07, 6.45) is 2.07. The van der Waals surface area contributed by atoms with Crippen LogP contribution in [-0.2, 0) is 0 Å². The molecule has 0 radical (unpaired) electrons. The summed E-state index contributed by atoms with van der Waals surface area (Å²) in [5, 5.41) is 7.73. The second-order valence-electron chi connectivity index (χ2n) is 3.72. The number of hydrogen-bond donors (Lipinski definition) is 3. The van der Waals surface area contributed by atoms with Crippen LogP contribution in [0.1, 0.15) is 12.8 Å². The lowest BCUT2D eigenvalue weighted by molar-refractivity contribution is 0.0000433. The Bertz CT molecular complexity index is 123. The molecule has 0 heterocycles. The fourth-order valence-electron chi connectivity index (χ4n) is 1.42. The van der Waals surface area contributed by atoms with Crippen LogP contribution in [0.15, 0.2) is 0 Å². The Morgan fingerprint density at radius 2 is 1.53 bits per heavy atom. The van der Waals surface area contributed by atoms with E-state index >= 15 is 0 Å². The van der Waals surface area contributed by atoms with Crippen molar-refractivity contribution in [3.63, 3.8) is 0 Å². The predicted molar refractivity (Wildman–Crippen MR) is 65.5 cm³/mol. The van der Waals surface area contributed by atoms with Gasteiger partial charge in [0.15, 0.2) is 0 Å². The number of hydrogen-bond acceptors (Lipinski definition) is 5. The zero-order valence-electron chi connectivity index (χ0n) is 10.2. The van der Waals surface area contributed by atoms with E-state index in [2.05, 4.69) is 22.4 Å². The molecule has 0 saturated heterocycles. The molecule has 0 bridgehead atoms. The molecule has 92 valence electrons. The molecule has 0 atom stereocenters. The van der Waals surface area contributed by atoms with Gasteiger partial charge in [0.1, 0.15) is 0 Å². The maximum Gasteiger partial charge on any atom is 0.0255 e. The smallest absolute Gasteiger partial charge is 0.0255 e. The summed E-state index contributed by atoms with van der Waals surface area (Å²) in [5.74, 6) is 0. The van der Waals surface area contributed by atoms with E-state index in [0.29, 0.717) is 0 Å². The van der Waals surface area contributed by atoms with E-state index < -0.39 is 0 Å². The van der Waals surface area contributed by atoms with Crippen LogP contribution in [0.2, 0.25) is 0 Å². The highest BCUT2D eigenvalue weighted by Gasteiger charge is 2.08. The first kappa shape index (κ1) is 14.8. The van der Waals surface area contributed by atoms with Gasteiger partial charge in [-0.1, -0.05) is 0 Å². The SMILES string of the molecule is CNCCN(C)N(CCCN)CCCN. The first-order valence-electron chi connectivity index (χ1n) is 5.77. The quantitative estimate of drug-likeness (QED) is 0.412. The van der Waals surface area contributed by atoms with Crippen molar-refractivity contribution in [1.29, 1.82) is 0 Å². The molecular formula is C10H27N5. The van der Waals surface area contributed by atoms with E-state index in [-0.39, 0.29) is 0 Å². The monoisotopic (exact) mass is 217 g/mol.